The molecule has 0 saturated carbocycles. The molecule has 20 heavy (non-hydrogen) atoms. The third kappa shape index (κ3) is 3.74. The first-order valence-electron chi connectivity index (χ1n) is 6.85. The summed E-state index contributed by atoms with van der Waals surface area (Å²) in [6.45, 7) is 4.38. The van der Waals surface area contributed by atoms with E-state index in [1.807, 2.05) is 25.3 Å². The number of hydrogen-bond acceptors (Lipinski definition) is 5. The van der Waals surface area contributed by atoms with Crippen LogP contribution in [0.25, 0.3) is 0 Å². The zero-order valence-corrected chi connectivity index (χ0v) is 11.9. The molecular weight excluding hydrogens is 252 g/mol. The molecule has 0 saturated heterocycles. The third-order valence-corrected chi connectivity index (χ3v) is 3.04. The van der Waals surface area contributed by atoms with E-state index in [1.54, 1.807) is 12.4 Å². The number of aryl methyl sites for hydroxylation is 2. The van der Waals surface area contributed by atoms with E-state index in [4.69, 9.17) is 0 Å². The largest absolute Gasteiger partial charge is 0.387 e. The van der Waals surface area contributed by atoms with Crippen molar-refractivity contribution in [1.29, 1.82) is 0 Å². The van der Waals surface area contributed by atoms with E-state index < -0.39 is 6.10 Å². The summed E-state index contributed by atoms with van der Waals surface area (Å²) in [5.74, 6) is 1.53. The Morgan fingerprint density at radius 3 is 2.90 bits per heavy atom. The smallest absolute Gasteiger partial charge is 0.132 e. The van der Waals surface area contributed by atoms with Crippen LogP contribution in [0.15, 0.2) is 30.7 Å². The van der Waals surface area contributed by atoms with Gasteiger partial charge in [0.15, 0.2) is 0 Å². The van der Waals surface area contributed by atoms with Crippen LogP contribution < -0.4 is 5.32 Å². The minimum absolute atomic E-state index is 0.402. The first kappa shape index (κ1) is 14.4. The van der Waals surface area contributed by atoms with Gasteiger partial charge in [0.05, 0.1) is 6.10 Å². The molecule has 0 fully saturated rings. The summed E-state index contributed by atoms with van der Waals surface area (Å²) in [6.07, 6.45) is 6.57. The molecule has 0 radical (unpaired) electrons. The minimum Gasteiger partial charge on any atom is -0.387 e. The van der Waals surface area contributed by atoms with Gasteiger partial charge >= 0.3 is 0 Å². The van der Waals surface area contributed by atoms with Crippen LogP contribution in [0.4, 0.5) is 5.82 Å². The average Bonchev–Trinajstić information content (AvgIpc) is 2.48. The Balaban J connectivity index is 2.05. The second-order valence-electron chi connectivity index (χ2n) is 4.72. The Labute approximate surface area is 119 Å². The monoisotopic (exact) mass is 272 g/mol. The number of pyridine rings is 1. The van der Waals surface area contributed by atoms with Crippen LogP contribution in [0.5, 0.6) is 0 Å². The second kappa shape index (κ2) is 6.96. The summed E-state index contributed by atoms with van der Waals surface area (Å²) in [5, 5.41) is 13.3. The van der Waals surface area contributed by atoms with Gasteiger partial charge < -0.3 is 10.4 Å². The van der Waals surface area contributed by atoms with Crippen molar-refractivity contribution in [1.82, 2.24) is 15.0 Å². The van der Waals surface area contributed by atoms with Crippen molar-refractivity contribution in [2.24, 2.45) is 0 Å². The van der Waals surface area contributed by atoms with E-state index >= 15 is 0 Å². The highest BCUT2D eigenvalue weighted by atomic mass is 16.3. The number of anilines is 1. The predicted molar refractivity (Wildman–Crippen MR) is 78.5 cm³/mol. The van der Waals surface area contributed by atoms with Crippen LogP contribution in [0.2, 0.25) is 0 Å². The molecule has 0 aliphatic rings. The molecule has 1 atom stereocenters. The molecule has 0 bridgehead atoms. The van der Waals surface area contributed by atoms with Crippen molar-refractivity contribution in [3.63, 3.8) is 0 Å². The molecule has 0 amide bonds. The Morgan fingerprint density at radius 2 is 2.20 bits per heavy atom. The molecule has 2 rings (SSSR count). The molecule has 0 spiro atoms. The first-order chi connectivity index (χ1) is 9.70. The maximum atomic E-state index is 10.1. The Hall–Kier alpha value is -2.01. The van der Waals surface area contributed by atoms with Gasteiger partial charge in [-0.05, 0) is 19.4 Å². The van der Waals surface area contributed by atoms with E-state index in [0.29, 0.717) is 6.54 Å². The van der Waals surface area contributed by atoms with Crippen LogP contribution in [0.1, 0.15) is 36.4 Å². The molecule has 5 nitrogen and oxygen atoms in total. The fourth-order valence-corrected chi connectivity index (χ4v) is 1.98. The normalized spacial score (nSPS) is 12.2. The quantitative estimate of drug-likeness (QED) is 0.844. The Kier molecular flexibility index (Phi) is 5.01. The van der Waals surface area contributed by atoms with E-state index in [2.05, 4.69) is 27.2 Å². The van der Waals surface area contributed by atoms with Gasteiger partial charge in [-0.15, -0.1) is 0 Å². The van der Waals surface area contributed by atoms with E-state index in [9.17, 15) is 5.11 Å². The van der Waals surface area contributed by atoms with Crippen LogP contribution in [-0.4, -0.2) is 26.6 Å². The fourth-order valence-electron chi connectivity index (χ4n) is 1.98. The van der Waals surface area contributed by atoms with Gasteiger partial charge in [0.25, 0.3) is 0 Å². The van der Waals surface area contributed by atoms with E-state index in [0.717, 1.165) is 35.6 Å². The van der Waals surface area contributed by atoms with E-state index in [1.165, 1.54) is 0 Å². The third-order valence-electron chi connectivity index (χ3n) is 3.04. The van der Waals surface area contributed by atoms with Crippen molar-refractivity contribution in [3.05, 3.63) is 47.7 Å². The summed E-state index contributed by atoms with van der Waals surface area (Å²) in [6, 6.07) is 3.67. The van der Waals surface area contributed by atoms with Crippen molar-refractivity contribution >= 4 is 5.82 Å². The highest BCUT2D eigenvalue weighted by molar-refractivity contribution is 5.43. The second-order valence-corrected chi connectivity index (χ2v) is 4.72. The van der Waals surface area contributed by atoms with Gasteiger partial charge in [0.2, 0.25) is 0 Å². The molecule has 0 aliphatic heterocycles. The number of aromatic nitrogens is 3. The van der Waals surface area contributed by atoms with Gasteiger partial charge in [0, 0.05) is 36.3 Å². The van der Waals surface area contributed by atoms with Gasteiger partial charge in [0.1, 0.15) is 11.6 Å². The lowest BCUT2D eigenvalue weighted by molar-refractivity contribution is 0.191. The highest BCUT2D eigenvalue weighted by Crippen LogP contribution is 2.16. The summed E-state index contributed by atoms with van der Waals surface area (Å²) in [5.41, 5.74) is 1.87. The predicted octanol–water partition coefficient (Wildman–Crippen LogP) is 2.28. The van der Waals surface area contributed by atoms with Crippen molar-refractivity contribution in [3.8, 4) is 0 Å². The molecule has 5 heteroatoms. The van der Waals surface area contributed by atoms with Crippen molar-refractivity contribution in [2.75, 3.05) is 11.9 Å². The first-order valence-corrected chi connectivity index (χ1v) is 6.85. The number of nitrogens with zero attached hydrogens (tertiary/aromatic N) is 3. The van der Waals surface area contributed by atoms with Crippen molar-refractivity contribution < 1.29 is 5.11 Å². The zero-order valence-electron chi connectivity index (χ0n) is 11.9. The van der Waals surface area contributed by atoms with Crippen LogP contribution in [-0.2, 0) is 6.42 Å². The van der Waals surface area contributed by atoms with Crippen LogP contribution in [0, 0.1) is 6.92 Å². The maximum Gasteiger partial charge on any atom is 0.132 e. The molecule has 2 heterocycles. The Bertz CT molecular complexity index is 545. The topological polar surface area (TPSA) is 70.9 Å². The molecule has 0 aromatic carbocycles. The number of nitrogens with one attached hydrogen (secondary N) is 1. The lowest BCUT2D eigenvalue weighted by Gasteiger charge is -2.14. The van der Waals surface area contributed by atoms with Gasteiger partial charge in [-0.2, -0.15) is 0 Å². The maximum absolute atomic E-state index is 10.1. The summed E-state index contributed by atoms with van der Waals surface area (Å²) < 4.78 is 0. The average molecular weight is 272 g/mol. The number of rotatable bonds is 6. The number of hydrogen-bond donors (Lipinski definition) is 2. The fraction of sp³-hybridized carbons (Fsp3) is 0.400. The molecular formula is C15H20N4O. The lowest BCUT2D eigenvalue weighted by atomic mass is 10.1. The van der Waals surface area contributed by atoms with Crippen LogP contribution >= 0.6 is 0 Å². The summed E-state index contributed by atoms with van der Waals surface area (Å²) in [4.78, 5) is 12.6. The molecule has 2 N–H and O–H groups in total. The molecule has 2 aromatic heterocycles. The minimum atomic E-state index is -0.603. The number of aliphatic hydroxyl groups excluding tert-OH is 1. The zero-order chi connectivity index (χ0) is 14.4. The van der Waals surface area contributed by atoms with Crippen molar-refractivity contribution in [2.45, 2.75) is 32.8 Å². The standard InChI is InChI=1S/C15H20N4O/c1-3-5-13-9-17-11(2)19-15(13)18-10-14(20)12-6-4-7-16-8-12/h4,6-9,14,20H,3,5,10H2,1-2H3,(H,17,18,19). The molecule has 2 aromatic rings. The summed E-state index contributed by atoms with van der Waals surface area (Å²) in [7, 11) is 0. The SMILES string of the molecule is CCCc1cnc(C)nc1NCC(O)c1cccnc1. The molecule has 1 unspecified atom stereocenters. The van der Waals surface area contributed by atoms with E-state index in [-0.39, 0.29) is 0 Å². The lowest BCUT2D eigenvalue weighted by Crippen LogP contribution is -2.15. The van der Waals surface area contributed by atoms with Gasteiger partial charge in [-0.3, -0.25) is 4.98 Å². The van der Waals surface area contributed by atoms with Crippen LogP contribution in [0.3, 0.4) is 0 Å². The Morgan fingerprint density at radius 1 is 1.35 bits per heavy atom. The highest BCUT2D eigenvalue weighted by Gasteiger charge is 2.10. The summed E-state index contributed by atoms with van der Waals surface area (Å²) >= 11 is 0. The number of aliphatic hydroxyl groups is 1. The van der Waals surface area contributed by atoms with Gasteiger partial charge in [-0.25, -0.2) is 9.97 Å². The molecule has 0 aliphatic carbocycles. The molecule has 106 valence electrons. The van der Waals surface area contributed by atoms with Gasteiger partial charge in [-0.1, -0.05) is 19.4 Å².